The lowest BCUT2D eigenvalue weighted by molar-refractivity contribution is -0.124. The zero-order chi connectivity index (χ0) is 24.8. The highest BCUT2D eigenvalue weighted by molar-refractivity contribution is 7.89. The van der Waals surface area contributed by atoms with Crippen LogP contribution in [0, 0.1) is 12.8 Å². The van der Waals surface area contributed by atoms with Gasteiger partial charge in [-0.25, -0.2) is 8.42 Å². The topological polar surface area (TPSA) is 123 Å². The zero-order valence-electron chi connectivity index (χ0n) is 19.6. The third kappa shape index (κ3) is 7.19. The fourth-order valence-electron chi connectivity index (χ4n) is 2.87. The van der Waals surface area contributed by atoms with Crippen LogP contribution in [-0.2, 0) is 14.8 Å². The Labute approximate surface area is 194 Å². The van der Waals surface area contributed by atoms with Crippen LogP contribution in [0.4, 0.5) is 0 Å². The Morgan fingerprint density at radius 3 is 2.09 bits per heavy atom. The average Bonchev–Trinajstić information content (AvgIpc) is 2.75. The van der Waals surface area contributed by atoms with Crippen molar-refractivity contribution in [2.45, 2.75) is 51.7 Å². The van der Waals surface area contributed by atoms with Crippen LogP contribution in [0.5, 0.6) is 11.5 Å². The van der Waals surface area contributed by atoms with Gasteiger partial charge in [0.05, 0.1) is 18.1 Å². The molecule has 9 nitrogen and oxygen atoms in total. The number of nitrogens with one attached hydrogen (secondary N) is 3. The number of hydrogen-bond donors (Lipinski definition) is 3. The molecular formula is C23H31N3O6S. The van der Waals surface area contributed by atoms with Gasteiger partial charge in [0.1, 0.15) is 6.04 Å². The predicted octanol–water partition coefficient (Wildman–Crippen LogP) is 2.55. The number of carbonyl (C=O) groups is 2. The Morgan fingerprint density at radius 2 is 1.55 bits per heavy atom. The van der Waals surface area contributed by atoms with Gasteiger partial charge in [0.25, 0.3) is 11.8 Å². The second kappa shape index (κ2) is 11.2. The first-order valence-electron chi connectivity index (χ1n) is 10.5. The molecule has 0 aliphatic carbocycles. The van der Waals surface area contributed by atoms with E-state index in [9.17, 15) is 18.0 Å². The summed E-state index contributed by atoms with van der Waals surface area (Å²) in [4.78, 5) is 25.3. The molecule has 0 aliphatic heterocycles. The number of methoxy groups -OCH3 is 1. The molecule has 0 fully saturated rings. The Morgan fingerprint density at radius 1 is 0.909 bits per heavy atom. The summed E-state index contributed by atoms with van der Waals surface area (Å²) in [5.41, 5.74) is 5.74. The molecule has 0 unspecified atom stereocenters. The van der Waals surface area contributed by atoms with Crippen molar-refractivity contribution in [2.24, 2.45) is 5.92 Å². The van der Waals surface area contributed by atoms with Crippen LogP contribution in [0.25, 0.3) is 0 Å². The second-order valence-corrected chi connectivity index (χ2v) is 9.85. The summed E-state index contributed by atoms with van der Waals surface area (Å²) in [5.74, 6) is -0.816. The summed E-state index contributed by atoms with van der Waals surface area (Å²) in [7, 11) is -2.48. The van der Waals surface area contributed by atoms with Crippen LogP contribution in [0.3, 0.4) is 0 Å². The van der Waals surface area contributed by atoms with Gasteiger partial charge in [0.15, 0.2) is 11.5 Å². The van der Waals surface area contributed by atoms with Crippen molar-refractivity contribution in [3.8, 4) is 11.5 Å². The number of hydrogen-bond acceptors (Lipinski definition) is 6. The third-order valence-electron chi connectivity index (χ3n) is 4.65. The quantitative estimate of drug-likeness (QED) is 0.477. The highest BCUT2D eigenvalue weighted by atomic mass is 32.2. The molecule has 2 rings (SSSR count). The van der Waals surface area contributed by atoms with E-state index in [-0.39, 0.29) is 22.5 Å². The van der Waals surface area contributed by atoms with E-state index in [1.165, 1.54) is 31.4 Å². The summed E-state index contributed by atoms with van der Waals surface area (Å²) < 4.78 is 38.7. The molecule has 180 valence electrons. The molecule has 2 amide bonds. The van der Waals surface area contributed by atoms with Gasteiger partial charge in [-0.15, -0.1) is 0 Å². The van der Waals surface area contributed by atoms with Crippen LogP contribution in [0.2, 0.25) is 0 Å². The lowest BCUT2D eigenvalue weighted by Crippen LogP contribution is -2.54. The van der Waals surface area contributed by atoms with Crippen molar-refractivity contribution in [1.82, 2.24) is 15.6 Å². The molecule has 1 atom stereocenters. The largest absolute Gasteiger partial charge is 0.493 e. The smallest absolute Gasteiger partial charge is 0.269 e. The van der Waals surface area contributed by atoms with E-state index in [1.54, 1.807) is 32.0 Å². The van der Waals surface area contributed by atoms with E-state index in [2.05, 4.69) is 15.6 Å². The fourth-order valence-corrected chi connectivity index (χ4v) is 4.22. The van der Waals surface area contributed by atoms with Crippen LogP contribution < -0.4 is 25.0 Å². The van der Waals surface area contributed by atoms with E-state index in [0.29, 0.717) is 11.5 Å². The lowest BCUT2D eigenvalue weighted by Gasteiger charge is -2.22. The second-order valence-electron chi connectivity index (χ2n) is 8.13. The van der Waals surface area contributed by atoms with Crippen molar-refractivity contribution in [2.75, 3.05) is 7.11 Å². The number of benzene rings is 2. The minimum absolute atomic E-state index is 0.0476. The Balaban J connectivity index is 2.09. The summed E-state index contributed by atoms with van der Waals surface area (Å²) in [6.07, 6.45) is -0.0745. The van der Waals surface area contributed by atoms with Crippen molar-refractivity contribution < 1.29 is 27.5 Å². The van der Waals surface area contributed by atoms with Gasteiger partial charge in [-0.1, -0.05) is 31.5 Å². The molecule has 0 aromatic heterocycles. The highest BCUT2D eigenvalue weighted by Crippen LogP contribution is 2.28. The van der Waals surface area contributed by atoms with Crippen LogP contribution in [0.1, 0.15) is 43.6 Å². The summed E-state index contributed by atoms with van der Waals surface area (Å²) in [6, 6.07) is 9.79. The number of aryl methyl sites for hydroxylation is 1. The van der Waals surface area contributed by atoms with Gasteiger partial charge in [0.2, 0.25) is 10.0 Å². The molecule has 0 heterocycles. The normalized spacial score (nSPS) is 12.4. The van der Waals surface area contributed by atoms with E-state index in [1.807, 2.05) is 20.8 Å². The molecule has 2 aromatic rings. The monoisotopic (exact) mass is 477 g/mol. The molecule has 0 aliphatic rings. The van der Waals surface area contributed by atoms with Gasteiger partial charge < -0.3 is 9.47 Å². The molecule has 0 spiro atoms. The van der Waals surface area contributed by atoms with Crippen molar-refractivity contribution >= 4 is 21.8 Å². The molecule has 0 saturated carbocycles. The van der Waals surface area contributed by atoms with Gasteiger partial charge >= 0.3 is 0 Å². The van der Waals surface area contributed by atoms with Crippen LogP contribution in [0.15, 0.2) is 47.4 Å². The van der Waals surface area contributed by atoms with Crippen molar-refractivity contribution in [1.29, 1.82) is 0 Å². The number of hydrazine groups is 1. The number of sulfonamides is 1. The number of rotatable bonds is 9. The van der Waals surface area contributed by atoms with E-state index >= 15 is 0 Å². The zero-order valence-corrected chi connectivity index (χ0v) is 20.4. The maximum atomic E-state index is 12.7. The molecular weight excluding hydrogens is 446 g/mol. The minimum atomic E-state index is -3.93. The van der Waals surface area contributed by atoms with Gasteiger partial charge in [-0.05, 0) is 57.0 Å². The lowest BCUT2D eigenvalue weighted by atomic mass is 10.1. The molecule has 0 bridgehead atoms. The van der Waals surface area contributed by atoms with E-state index < -0.39 is 27.9 Å². The summed E-state index contributed by atoms with van der Waals surface area (Å²) in [5, 5.41) is 0. The molecule has 33 heavy (non-hydrogen) atoms. The third-order valence-corrected chi connectivity index (χ3v) is 6.11. The average molecular weight is 478 g/mol. The number of amides is 2. The Bertz CT molecular complexity index is 1080. The first kappa shape index (κ1) is 26.1. The molecule has 2 aromatic carbocycles. The van der Waals surface area contributed by atoms with Gasteiger partial charge in [0, 0.05) is 5.56 Å². The molecule has 10 heteroatoms. The SMILES string of the molecule is COc1cc(C(=O)NNC(=O)[C@@H](NS(=O)(=O)c2ccc(C)cc2)C(C)C)ccc1OC(C)C. The molecule has 0 radical (unpaired) electrons. The van der Waals surface area contributed by atoms with Gasteiger partial charge in [-0.2, -0.15) is 4.72 Å². The minimum Gasteiger partial charge on any atom is -0.493 e. The first-order chi connectivity index (χ1) is 15.4. The Kier molecular flexibility index (Phi) is 8.84. The summed E-state index contributed by atoms with van der Waals surface area (Å²) in [6.45, 7) is 8.98. The predicted molar refractivity (Wildman–Crippen MR) is 124 cm³/mol. The number of ether oxygens (including phenoxy) is 2. The number of carbonyl (C=O) groups excluding carboxylic acids is 2. The summed E-state index contributed by atoms with van der Waals surface area (Å²) >= 11 is 0. The van der Waals surface area contributed by atoms with E-state index in [4.69, 9.17) is 9.47 Å². The maximum Gasteiger partial charge on any atom is 0.269 e. The van der Waals surface area contributed by atoms with Gasteiger partial charge in [-0.3, -0.25) is 20.4 Å². The Hall–Kier alpha value is -3.11. The molecule has 3 N–H and O–H groups in total. The highest BCUT2D eigenvalue weighted by Gasteiger charge is 2.28. The first-order valence-corrected chi connectivity index (χ1v) is 12.0. The molecule has 0 saturated heterocycles. The fraction of sp³-hybridized carbons (Fsp3) is 0.391. The van der Waals surface area contributed by atoms with Crippen LogP contribution >= 0.6 is 0 Å². The van der Waals surface area contributed by atoms with Crippen LogP contribution in [-0.4, -0.2) is 39.5 Å². The maximum absolute atomic E-state index is 12.7. The standard InChI is InChI=1S/C23H31N3O6S/c1-14(2)21(26-33(29,30)18-10-7-16(5)8-11-18)23(28)25-24-22(27)17-9-12-19(32-15(3)4)20(13-17)31-6/h7-15,21,26H,1-6H3,(H,24,27)(H,25,28)/t21-/m0/s1. The van der Waals surface area contributed by atoms with Crippen molar-refractivity contribution in [3.63, 3.8) is 0 Å². The van der Waals surface area contributed by atoms with Crippen molar-refractivity contribution in [3.05, 3.63) is 53.6 Å². The van der Waals surface area contributed by atoms with E-state index in [0.717, 1.165) is 5.56 Å².